The van der Waals surface area contributed by atoms with Crippen molar-refractivity contribution < 1.29 is 19.8 Å². The molecule has 0 aromatic heterocycles. The minimum atomic E-state index is -0.638. The monoisotopic (exact) mass is 500 g/mol. The molecule has 7 atom stereocenters. The van der Waals surface area contributed by atoms with Gasteiger partial charge in [-0.2, -0.15) is 0 Å². The fourth-order valence-corrected chi connectivity index (χ4v) is 9.57. The summed E-state index contributed by atoms with van der Waals surface area (Å²) in [7, 11) is 0. The van der Waals surface area contributed by atoms with Gasteiger partial charge in [-0.05, 0) is 97.4 Å². The highest BCUT2D eigenvalue weighted by Gasteiger charge is 2.64. The summed E-state index contributed by atoms with van der Waals surface area (Å²) in [4.78, 5) is 24.3. The normalized spacial score (nSPS) is 39.8. The highest BCUT2D eigenvalue weighted by atomic mass is 16.4. The second-order valence-corrected chi connectivity index (χ2v) is 13.8. The van der Waals surface area contributed by atoms with Crippen LogP contribution in [0.5, 0.6) is 0 Å². The average molecular weight is 501 g/mol. The van der Waals surface area contributed by atoms with Gasteiger partial charge in [0.15, 0.2) is 5.78 Å². The van der Waals surface area contributed by atoms with Gasteiger partial charge < -0.3 is 10.2 Å². The zero-order valence-electron chi connectivity index (χ0n) is 23.3. The van der Waals surface area contributed by atoms with Crippen molar-refractivity contribution in [2.75, 3.05) is 6.61 Å². The van der Waals surface area contributed by atoms with Crippen molar-refractivity contribution >= 4 is 11.8 Å². The van der Waals surface area contributed by atoms with Gasteiger partial charge in [-0.1, -0.05) is 71.3 Å². The predicted octanol–water partition coefficient (Wildman–Crippen LogP) is 7.73. The molecular weight excluding hydrogens is 448 g/mol. The van der Waals surface area contributed by atoms with Gasteiger partial charge in [0, 0.05) is 13.0 Å². The molecule has 4 aliphatic rings. The number of aliphatic carboxylic acids is 1. The van der Waals surface area contributed by atoms with Crippen LogP contribution in [-0.4, -0.2) is 28.6 Å². The third-order valence-electron chi connectivity index (χ3n) is 11.9. The zero-order chi connectivity index (χ0) is 26.0. The van der Waals surface area contributed by atoms with Crippen molar-refractivity contribution in [2.24, 2.45) is 39.9 Å². The molecule has 3 unspecified atom stereocenters. The SMILES string of the molecule is C[C@]1(CC(=O)O)CCC2C3C(CC[C@@]21C)[C@@]1(C)CCC(=O)C=C1C[C@H]3CCCCCCCCCCO. The Morgan fingerprint density at radius 1 is 0.917 bits per heavy atom. The molecule has 0 spiro atoms. The van der Waals surface area contributed by atoms with E-state index in [9.17, 15) is 14.7 Å². The van der Waals surface area contributed by atoms with Gasteiger partial charge in [0.25, 0.3) is 0 Å². The maximum atomic E-state index is 12.4. The van der Waals surface area contributed by atoms with Crippen molar-refractivity contribution in [1.29, 1.82) is 0 Å². The van der Waals surface area contributed by atoms with E-state index in [1.165, 1.54) is 63.4 Å². The molecule has 0 aromatic carbocycles. The van der Waals surface area contributed by atoms with E-state index in [0.29, 0.717) is 48.9 Å². The number of carbonyl (C=O) groups excluding carboxylic acids is 1. The molecule has 3 fully saturated rings. The van der Waals surface area contributed by atoms with Gasteiger partial charge in [0.05, 0.1) is 6.42 Å². The predicted molar refractivity (Wildman–Crippen MR) is 145 cm³/mol. The molecule has 0 bridgehead atoms. The Bertz CT molecular complexity index is 832. The largest absolute Gasteiger partial charge is 0.481 e. The molecule has 3 saturated carbocycles. The first kappa shape index (κ1) is 27.9. The van der Waals surface area contributed by atoms with Crippen LogP contribution in [0.15, 0.2) is 11.6 Å². The molecule has 36 heavy (non-hydrogen) atoms. The van der Waals surface area contributed by atoms with Crippen LogP contribution >= 0.6 is 0 Å². The first-order valence-electron chi connectivity index (χ1n) is 15.2. The first-order chi connectivity index (χ1) is 17.1. The molecule has 4 aliphatic carbocycles. The third-order valence-corrected chi connectivity index (χ3v) is 11.9. The number of fused-ring (bicyclic) bond motifs is 5. The molecule has 0 saturated heterocycles. The van der Waals surface area contributed by atoms with Crippen molar-refractivity contribution in [2.45, 2.75) is 130 Å². The molecule has 0 heterocycles. The number of unbranched alkanes of at least 4 members (excludes halogenated alkanes) is 7. The Labute approximate surface area is 219 Å². The van der Waals surface area contributed by atoms with Crippen LogP contribution < -0.4 is 0 Å². The lowest BCUT2D eigenvalue weighted by Gasteiger charge is -2.62. The number of carboxylic acids is 1. The number of aliphatic hydroxyl groups excluding tert-OH is 1. The van der Waals surface area contributed by atoms with Gasteiger partial charge in [-0.25, -0.2) is 0 Å². The number of hydrogen-bond donors (Lipinski definition) is 2. The van der Waals surface area contributed by atoms with Crippen LogP contribution in [0.2, 0.25) is 0 Å². The molecule has 4 nitrogen and oxygen atoms in total. The molecule has 204 valence electrons. The summed E-state index contributed by atoms with van der Waals surface area (Å²) in [6.45, 7) is 7.49. The smallest absolute Gasteiger partial charge is 0.303 e. The summed E-state index contributed by atoms with van der Waals surface area (Å²) in [5, 5.41) is 18.7. The van der Waals surface area contributed by atoms with Crippen LogP contribution in [0.25, 0.3) is 0 Å². The highest BCUT2D eigenvalue weighted by Crippen LogP contribution is 2.71. The number of rotatable bonds is 12. The van der Waals surface area contributed by atoms with E-state index in [0.717, 1.165) is 38.5 Å². The summed E-state index contributed by atoms with van der Waals surface area (Å²) in [6.07, 6.45) is 20.7. The van der Waals surface area contributed by atoms with E-state index in [2.05, 4.69) is 20.8 Å². The summed E-state index contributed by atoms with van der Waals surface area (Å²) < 4.78 is 0. The quantitative estimate of drug-likeness (QED) is 0.269. The van der Waals surface area contributed by atoms with Gasteiger partial charge in [0.1, 0.15) is 0 Å². The van der Waals surface area contributed by atoms with E-state index < -0.39 is 5.97 Å². The average Bonchev–Trinajstić information content (AvgIpc) is 3.08. The van der Waals surface area contributed by atoms with Crippen LogP contribution in [0.3, 0.4) is 0 Å². The molecule has 2 N–H and O–H groups in total. The van der Waals surface area contributed by atoms with Crippen LogP contribution in [0.1, 0.15) is 130 Å². The van der Waals surface area contributed by atoms with Gasteiger partial charge in [0.2, 0.25) is 0 Å². The number of carboxylic acid groups (broad SMARTS) is 1. The number of hydrogen-bond acceptors (Lipinski definition) is 3. The molecule has 0 amide bonds. The van der Waals surface area contributed by atoms with Crippen molar-refractivity contribution in [3.05, 3.63) is 11.6 Å². The van der Waals surface area contributed by atoms with Crippen LogP contribution in [-0.2, 0) is 9.59 Å². The molecule has 4 heteroatoms. The first-order valence-corrected chi connectivity index (χ1v) is 15.2. The Morgan fingerprint density at radius 2 is 1.56 bits per heavy atom. The Kier molecular flexibility index (Phi) is 8.74. The van der Waals surface area contributed by atoms with E-state index in [4.69, 9.17) is 5.11 Å². The van der Waals surface area contributed by atoms with Crippen LogP contribution in [0, 0.1) is 39.9 Å². The number of aliphatic hydroxyl groups is 1. The zero-order valence-corrected chi connectivity index (χ0v) is 23.3. The standard InChI is InChI=1S/C32H52O4/c1-30(22-28(35)36)16-14-27-29-23(12-10-8-6-4-5-7-9-11-19-33)20-24-21-25(34)13-17-31(24,2)26(29)15-18-32(27,30)3/h21,23,26-27,29,33H,4-20,22H2,1-3H3,(H,35,36)/t23-,26?,27?,29?,30-,31+,32+/m1/s1. The number of carbonyl (C=O) groups is 2. The van der Waals surface area contributed by atoms with Crippen molar-refractivity contribution in [3.8, 4) is 0 Å². The summed E-state index contributed by atoms with van der Waals surface area (Å²) in [6, 6.07) is 0. The topological polar surface area (TPSA) is 74.6 Å². The maximum Gasteiger partial charge on any atom is 0.303 e. The highest BCUT2D eigenvalue weighted by molar-refractivity contribution is 5.91. The second-order valence-electron chi connectivity index (χ2n) is 13.8. The summed E-state index contributed by atoms with van der Waals surface area (Å²) in [5.74, 6) is 2.27. The Hall–Kier alpha value is -1.16. The molecule has 0 aromatic rings. The Balaban J connectivity index is 1.47. The Morgan fingerprint density at radius 3 is 2.22 bits per heavy atom. The molecule has 0 radical (unpaired) electrons. The summed E-state index contributed by atoms with van der Waals surface area (Å²) >= 11 is 0. The number of allylic oxidation sites excluding steroid dienone is 1. The fraction of sp³-hybridized carbons (Fsp3) is 0.875. The van der Waals surface area contributed by atoms with E-state index in [-0.39, 0.29) is 16.2 Å². The van der Waals surface area contributed by atoms with Crippen molar-refractivity contribution in [3.63, 3.8) is 0 Å². The summed E-state index contributed by atoms with van der Waals surface area (Å²) in [5.41, 5.74) is 1.62. The van der Waals surface area contributed by atoms with Crippen LogP contribution in [0.4, 0.5) is 0 Å². The van der Waals surface area contributed by atoms with E-state index in [1.807, 2.05) is 6.08 Å². The lowest BCUT2D eigenvalue weighted by Crippen LogP contribution is -2.55. The lowest BCUT2D eigenvalue weighted by atomic mass is 9.43. The molecule has 0 aliphatic heterocycles. The second kappa shape index (κ2) is 11.3. The molecular formula is C32H52O4. The van der Waals surface area contributed by atoms with Gasteiger partial charge >= 0.3 is 5.97 Å². The fourth-order valence-electron chi connectivity index (χ4n) is 9.57. The maximum absolute atomic E-state index is 12.4. The van der Waals surface area contributed by atoms with Gasteiger partial charge in [-0.15, -0.1) is 0 Å². The third kappa shape index (κ3) is 5.22. The lowest BCUT2D eigenvalue weighted by molar-refractivity contribution is -0.145. The molecule has 4 rings (SSSR count). The minimum Gasteiger partial charge on any atom is -0.481 e. The minimum absolute atomic E-state index is 0.103. The van der Waals surface area contributed by atoms with Gasteiger partial charge in [-0.3, -0.25) is 9.59 Å². The number of ketones is 1. The van der Waals surface area contributed by atoms with Crippen molar-refractivity contribution in [1.82, 2.24) is 0 Å². The van der Waals surface area contributed by atoms with E-state index >= 15 is 0 Å². The van der Waals surface area contributed by atoms with E-state index in [1.54, 1.807) is 0 Å².